The number of nitrogens with two attached hydrogens (primary N) is 1. The standard InChI is InChI=1S/C13H28N2/c1-12-8-7-11-15(13(12)2)10-6-4-3-5-9-14/h12-13H,3-11,14H2,1-2H3. The van der Waals surface area contributed by atoms with Gasteiger partial charge in [0, 0.05) is 6.04 Å². The van der Waals surface area contributed by atoms with Crippen LogP contribution in [-0.2, 0) is 0 Å². The van der Waals surface area contributed by atoms with Gasteiger partial charge in [-0.25, -0.2) is 0 Å². The zero-order valence-corrected chi connectivity index (χ0v) is 10.5. The van der Waals surface area contributed by atoms with E-state index in [1.54, 1.807) is 0 Å². The maximum atomic E-state index is 5.48. The Morgan fingerprint density at radius 2 is 1.87 bits per heavy atom. The number of hydrogen-bond donors (Lipinski definition) is 1. The molecule has 2 N–H and O–H groups in total. The van der Waals surface area contributed by atoms with Crippen molar-refractivity contribution in [3.05, 3.63) is 0 Å². The van der Waals surface area contributed by atoms with Gasteiger partial charge >= 0.3 is 0 Å². The number of likely N-dealkylation sites (tertiary alicyclic amines) is 1. The Balaban J connectivity index is 2.09. The van der Waals surface area contributed by atoms with Crippen molar-refractivity contribution < 1.29 is 0 Å². The second-order valence-electron chi connectivity index (χ2n) is 5.10. The largest absolute Gasteiger partial charge is 0.330 e. The van der Waals surface area contributed by atoms with Gasteiger partial charge < -0.3 is 10.6 Å². The monoisotopic (exact) mass is 212 g/mol. The Morgan fingerprint density at radius 1 is 1.13 bits per heavy atom. The van der Waals surface area contributed by atoms with Crippen LogP contribution in [0.1, 0.15) is 52.4 Å². The second kappa shape index (κ2) is 7.24. The summed E-state index contributed by atoms with van der Waals surface area (Å²) in [6.07, 6.45) is 8.05. The van der Waals surface area contributed by atoms with Gasteiger partial charge in [-0.15, -0.1) is 0 Å². The van der Waals surface area contributed by atoms with Crippen molar-refractivity contribution in [1.82, 2.24) is 4.90 Å². The summed E-state index contributed by atoms with van der Waals surface area (Å²) in [5.74, 6) is 0.891. The fourth-order valence-corrected chi connectivity index (χ4v) is 2.55. The molecule has 0 aliphatic carbocycles. The zero-order chi connectivity index (χ0) is 11.1. The van der Waals surface area contributed by atoms with Crippen molar-refractivity contribution in [2.75, 3.05) is 19.6 Å². The molecule has 0 bridgehead atoms. The second-order valence-corrected chi connectivity index (χ2v) is 5.10. The molecule has 0 spiro atoms. The van der Waals surface area contributed by atoms with E-state index >= 15 is 0 Å². The van der Waals surface area contributed by atoms with Crippen LogP contribution in [0.3, 0.4) is 0 Å². The van der Waals surface area contributed by atoms with Gasteiger partial charge in [0.1, 0.15) is 0 Å². The first-order valence-electron chi connectivity index (χ1n) is 6.70. The quantitative estimate of drug-likeness (QED) is 0.686. The lowest BCUT2D eigenvalue weighted by Gasteiger charge is -2.37. The highest BCUT2D eigenvalue weighted by atomic mass is 15.2. The molecular formula is C13H28N2. The first-order chi connectivity index (χ1) is 7.25. The molecule has 2 heteroatoms. The SMILES string of the molecule is CC1CCCN(CCCCCCN)C1C. The van der Waals surface area contributed by atoms with E-state index in [0.717, 1.165) is 18.5 Å². The van der Waals surface area contributed by atoms with Crippen molar-refractivity contribution in [3.8, 4) is 0 Å². The number of hydrogen-bond acceptors (Lipinski definition) is 2. The van der Waals surface area contributed by atoms with Gasteiger partial charge in [0.15, 0.2) is 0 Å². The van der Waals surface area contributed by atoms with Crippen LogP contribution < -0.4 is 5.73 Å². The average molecular weight is 212 g/mol. The molecule has 2 atom stereocenters. The van der Waals surface area contributed by atoms with Crippen molar-refractivity contribution in [3.63, 3.8) is 0 Å². The predicted molar refractivity (Wildman–Crippen MR) is 67.0 cm³/mol. The van der Waals surface area contributed by atoms with Crippen LogP contribution in [0.15, 0.2) is 0 Å². The highest BCUT2D eigenvalue weighted by Crippen LogP contribution is 2.22. The molecule has 0 aromatic rings. The van der Waals surface area contributed by atoms with Gasteiger partial charge in [-0.05, 0) is 58.2 Å². The minimum atomic E-state index is 0.799. The molecule has 0 saturated carbocycles. The number of piperidine rings is 1. The highest BCUT2D eigenvalue weighted by Gasteiger charge is 2.23. The minimum absolute atomic E-state index is 0.799. The van der Waals surface area contributed by atoms with Crippen LogP contribution in [0.4, 0.5) is 0 Å². The van der Waals surface area contributed by atoms with Crippen LogP contribution in [-0.4, -0.2) is 30.6 Å². The van der Waals surface area contributed by atoms with Gasteiger partial charge in [-0.2, -0.15) is 0 Å². The summed E-state index contributed by atoms with van der Waals surface area (Å²) in [4.78, 5) is 2.68. The zero-order valence-electron chi connectivity index (χ0n) is 10.5. The molecule has 1 fully saturated rings. The van der Waals surface area contributed by atoms with Crippen LogP contribution in [0.2, 0.25) is 0 Å². The third-order valence-corrected chi connectivity index (χ3v) is 3.90. The fraction of sp³-hybridized carbons (Fsp3) is 1.00. The van der Waals surface area contributed by atoms with Gasteiger partial charge in [-0.1, -0.05) is 19.8 Å². The molecule has 0 aromatic carbocycles. The summed E-state index contributed by atoms with van der Waals surface area (Å²) in [5.41, 5.74) is 5.48. The molecule has 0 amide bonds. The van der Waals surface area contributed by atoms with E-state index in [-0.39, 0.29) is 0 Å². The molecular weight excluding hydrogens is 184 g/mol. The first kappa shape index (κ1) is 13.0. The third kappa shape index (κ3) is 4.52. The van der Waals surface area contributed by atoms with Crippen LogP contribution in [0.25, 0.3) is 0 Å². The maximum Gasteiger partial charge on any atom is 0.00925 e. The molecule has 2 nitrogen and oxygen atoms in total. The van der Waals surface area contributed by atoms with Gasteiger partial charge in [0.2, 0.25) is 0 Å². The van der Waals surface area contributed by atoms with Crippen molar-refractivity contribution in [1.29, 1.82) is 0 Å². The maximum absolute atomic E-state index is 5.48. The molecule has 0 radical (unpaired) electrons. The van der Waals surface area contributed by atoms with Gasteiger partial charge in [0.05, 0.1) is 0 Å². The summed E-state index contributed by atoms with van der Waals surface area (Å²) in [6.45, 7) is 8.27. The molecule has 1 heterocycles. The summed E-state index contributed by atoms with van der Waals surface area (Å²) >= 11 is 0. The van der Waals surface area contributed by atoms with E-state index in [4.69, 9.17) is 5.73 Å². The van der Waals surface area contributed by atoms with Crippen molar-refractivity contribution in [2.45, 2.75) is 58.4 Å². The van der Waals surface area contributed by atoms with Crippen molar-refractivity contribution >= 4 is 0 Å². The highest BCUT2D eigenvalue weighted by molar-refractivity contribution is 4.78. The van der Waals surface area contributed by atoms with Crippen molar-refractivity contribution in [2.24, 2.45) is 11.7 Å². The smallest absolute Gasteiger partial charge is 0.00925 e. The average Bonchev–Trinajstić information content (AvgIpc) is 2.24. The molecule has 0 aromatic heterocycles. The summed E-state index contributed by atoms with van der Waals surface area (Å²) in [6, 6.07) is 0.799. The lowest BCUT2D eigenvalue weighted by Crippen LogP contribution is -2.42. The topological polar surface area (TPSA) is 29.3 Å². The van der Waals surface area contributed by atoms with E-state index in [1.165, 1.54) is 51.6 Å². The number of nitrogens with zero attached hydrogens (tertiary/aromatic N) is 1. The normalized spacial score (nSPS) is 28.2. The minimum Gasteiger partial charge on any atom is -0.330 e. The predicted octanol–water partition coefficient (Wildman–Crippen LogP) is 2.63. The molecule has 90 valence electrons. The Bertz CT molecular complexity index is 159. The van der Waals surface area contributed by atoms with Crippen LogP contribution in [0, 0.1) is 5.92 Å². The number of unbranched alkanes of at least 4 members (excludes halogenated alkanes) is 3. The summed E-state index contributed by atoms with van der Waals surface area (Å²) in [5, 5.41) is 0. The molecule has 1 rings (SSSR count). The number of rotatable bonds is 6. The van der Waals surface area contributed by atoms with E-state index in [9.17, 15) is 0 Å². The van der Waals surface area contributed by atoms with E-state index in [0.29, 0.717) is 0 Å². The van der Waals surface area contributed by atoms with Gasteiger partial charge in [0.25, 0.3) is 0 Å². The van der Waals surface area contributed by atoms with E-state index < -0.39 is 0 Å². The lowest BCUT2D eigenvalue weighted by atomic mass is 9.92. The molecule has 2 unspecified atom stereocenters. The first-order valence-corrected chi connectivity index (χ1v) is 6.70. The molecule has 1 aliphatic heterocycles. The third-order valence-electron chi connectivity index (χ3n) is 3.90. The van der Waals surface area contributed by atoms with Crippen LogP contribution in [0.5, 0.6) is 0 Å². The Hall–Kier alpha value is -0.0800. The van der Waals surface area contributed by atoms with Gasteiger partial charge in [-0.3, -0.25) is 0 Å². The summed E-state index contributed by atoms with van der Waals surface area (Å²) < 4.78 is 0. The Morgan fingerprint density at radius 3 is 2.60 bits per heavy atom. The Labute approximate surface area is 95.2 Å². The molecule has 1 saturated heterocycles. The Kier molecular flexibility index (Phi) is 6.26. The summed E-state index contributed by atoms with van der Waals surface area (Å²) in [7, 11) is 0. The lowest BCUT2D eigenvalue weighted by molar-refractivity contribution is 0.112. The fourth-order valence-electron chi connectivity index (χ4n) is 2.55. The van der Waals surface area contributed by atoms with E-state index in [1.807, 2.05) is 0 Å². The van der Waals surface area contributed by atoms with E-state index in [2.05, 4.69) is 18.7 Å². The van der Waals surface area contributed by atoms with Crippen LogP contribution >= 0.6 is 0 Å². The molecule has 15 heavy (non-hydrogen) atoms. The molecule has 1 aliphatic rings.